The van der Waals surface area contributed by atoms with Crippen LogP contribution in [0.4, 0.5) is 0 Å². The fraction of sp³-hybridized carbons (Fsp3) is 0.727. The topological polar surface area (TPSA) is 73.0 Å². The number of hydrogen-bond acceptors (Lipinski definition) is 4. The van der Waals surface area contributed by atoms with Gasteiger partial charge in [0.1, 0.15) is 6.54 Å². The molecule has 2 rings (SSSR count). The van der Waals surface area contributed by atoms with Crippen molar-refractivity contribution in [2.75, 3.05) is 46.8 Å². The minimum atomic E-state index is -0.566. The lowest BCUT2D eigenvalue weighted by Crippen LogP contribution is -2.66. The van der Waals surface area contributed by atoms with Crippen LogP contribution in [0.2, 0.25) is 0 Å². The summed E-state index contributed by atoms with van der Waals surface area (Å²) in [5, 5.41) is 3.19. The number of carbonyl (C=O) groups excluding carboxylic acids is 3. The molecule has 2 fully saturated rings. The summed E-state index contributed by atoms with van der Waals surface area (Å²) in [6.07, 6.45) is 0. The predicted molar refractivity (Wildman–Crippen MR) is 63.6 cm³/mol. The molecule has 7 nitrogen and oxygen atoms in total. The van der Waals surface area contributed by atoms with Gasteiger partial charge >= 0.3 is 11.8 Å². The van der Waals surface area contributed by atoms with E-state index < -0.39 is 11.8 Å². The number of fused-ring (bicyclic) bond motifs is 1. The molecule has 0 aromatic carbocycles. The van der Waals surface area contributed by atoms with Crippen molar-refractivity contribution in [1.29, 1.82) is 0 Å². The van der Waals surface area contributed by atoms with E-state index in [1.165, 1.54) is 9.80 Å². The lowest BCUT2D eigenvalue weighted by molar-refractivity contribution is -0.161. The number of rotatable bonds is 2. The Morgan fingerprint density at radius 1 is 1.39 bits per heavy atom. The fourth-order valence-corrected chi connectivity index (χ4v) is 2.23. The van der Waals surface area contributed by atoms with Gasteiger partial charge in [0.15, 0.2) is 0 Å². The Morgan fingerprint density at radius 2 is 2.11 bits per heavy atom. The van der Waals surface area contributed by atoms with Crippen molar-refractivity contribution < 1.29 is 14.4 Å². The fourth-order valence-electron chi connectivity index (χ4n) is 2.23. The molecule has 7 heteroatoms. The minimum Gasteiger partial charge on any atom is -0.347 e. The van der Waals surface area contributed by atoms with Gasteiger partial charge in [-0.2, -0.15) is 0 Å². The van der Waals surface area contributed by atoms with E-state index in [9.17, 15) is 14.4 Å². The summed E-state index contributed by atoms with van der Waals surface area (Å²) in [5.41, 5.74) is 0. The third-order valence-electron chi connectivity index (χ3n) is 3.34. The third kappa shape index (κ3) is 2.31. The van der Waals surface area contributed by atoms with E-state index in [0.29, 0.717) is 26.2 Å². The van der Waals surface area contributed by atoms with Crippen molar-refractivity contribution in [2.45, 2.75) is 6.04 Å². The summed E-state index contributed by atoms with van der Waals surface area (Å²) in [4.78, 5) is 39.8. The Hall–Kier alpha value is -1.63. The molecule has 0 aromatic rings. The van der Waals surface area contributed by atoms with Gasteiger partial charge in [0.05, 0.1) is 6.04 Å². The summed E-state index contributed by atoms with van der Waals surface area (Å²) >= 11 is 0. The molecule has 2 heterocycles. The highest BCUT2D eigenvalue weighted by Crippen LogP contribution is 2.13. The second kappa shape index (κ2) is 4.93. The molecule has 0 aromatic heterocycles. The van der Waals surface area contributed by atoms with Crippen LogP contribution < -0.4 is 5.32 Å². The normalized spacial score (nSPS) is 24.0. The molecule has 2 aliphatic heterocycles. The van der Waals surface area contributed by atoms with Gasteiger partial charge in [-0.05, 0) is 0 Å². The van der Waals surface area contributed by atoms with Crippen LogP contribution in [0.3, 0.4) is 0 Å². The molecule has 2 saturated heterocycles. The zero-order valence-electron chi connectivity index (χ0n) is 10.7. The molecule has 18 heavy (non-hydrogen) atoms. The molecular formula is C11H18N4O3. The second-order valence-corrected chi connectivity index (χ2v) is 4.83. The van der Waals surface area contributed by atoms with Gasteiger partial charge in [0, 0.05) is 40.3 Å². The smallest absolute Gasteiger partial charge is 0.312 e. The van der Waals surface area contributed by atoms with E-state index in [1.54, 1.807) is 19.0 Å². The van der Waals surface area contributed by atoms with Crippen molar-refractivity contribution >= 4 is 17.7 Å². The summed E-state index contributed by atoms with van der Waals surface area (Å²) < 4.78 is 0. The first-order chi connectivity index (χ1) is 8.50. The lowest BCUT2D eigenvalue weighted by atomic mass is 10.1. The van der Waals surface area contributed by atoms with Gasteiger partial charge in [-0.25, -0.2) is 0 Å². The Kier molecular flexibility index (Phi) is 3.51. The number of hydrogen-bond donors (Lipinski definition) is 1. The van der Waals surface area contributed by atoms with Gasteiger partial charge in [-0.3, -0.25) is 14.4 Å². The van der Waals surface area contributed by atoms with Crippen LogP contribution in [0.15, 0.2) is 0 Å². The molecule has 0 spiro atoms. The Bertz CT molecular complexity index is 382. The van der Waals surface area contributed by atoms with Crippen LogP contribution in [0.1, 0.15) is 0 Å². The number of nitrogens with zero attached hydrogens (tertiary/aromatic N) is 3. The molecule has 1 N–H and O–H groups in total. The molecule has 1 unspecified atom stereocenters. The van der Waals surface area contributed by atoms with Crippen molar-refractivity contribution in [1.82, 2.24) is 20.0 Å². The molecular weight excluding hydrogens is 236 g/mol. The first kappa shape index (κ1) is 12.8. The molecule has 0 radical (unpaired) electrons. The number of carbonyl (C=O) groups is 3. The maximum absolute atomic E-state index is 11.9. The van der Waals surface area contributed by atoms with Crippen LogP contribution in [-0.2, 0) is 14.4 Å². The van der Waals surface area contributed by atoms with Gasteiger partial charge in [-0.15, -0.1) is 0 Å². The average Bonchev–Trinajstić information content (AvgIpc) is 2.35. The molecule has 0 aliphatic carbocycles. The van der Waals surface area contributed by atoms with Crippen molar-refractivity contribution in [3.8, 4) is 0 Å². The van der Waals surface area contributed by atoms with Gasteiger partial charge in [0.25, 0.3) is 0 Å². The van der Waals surface area contributed by atoms with E-state index in [4.69, 9.17) is 0 Å². The van der Waals surface area contributed by atoms with E-state index in [-0.39, 0.29) is 18.5 Å². The Morgan fingerprint density at radius 3 is 2.78 bits per heavy atom. The van der Waals surface area contributed by atoms with E-state index in [1.807, 2.05) is 0 Å². The highest BCUT2D eigenvalue weighted by Gasteiger charge is 2.40. The lowest BCUT2D eigenvalue weighted by Gasteiger charge is -2.43. The summed E-state index contributed by atoms with van der Waals surface area (Å²) in [5.74, 6) is -1.23. The van der Waals surface area contributed by atoms with Crippen molar-refractivity contribution in [2.24, 2.45) is 0 Å². The summed E-state index contributed by atoms with van der Waals surface area (Å²) in [6, 6.07) is -0.0149. The monoisotopic (exact) mass is 254 g/mol. The molecule has 100 valence electrons. The molecule has 1 atom stereocenters. The SMILES string of the molecule is CN(C)C(=O)CN1CC2CNCCN2C(=O)C1=O. The quantitative estimate of drug-likeness (QED) is 0.563. The van der Waals surface area contributed by atoms with E-state index in [0.717, 1.165) is 0 Å². The summed E-state index contributed by atoms with van der Waals surface area (Å²) in [7, 11) is 3.26. The van der Waals surface area contributed by atoms with Crippen LogP contribution in [0.5, 0.6) is 0 Å². The maximum atomic E-state index is 11.9. The first-order valence-electron chi connectivity index (χ1n) is 6.01. The van der Waals surface area contributed by atoms with Crippen LogP contribution in [0.25, 0.3) is 0 Å². The highest BCUT2D eigenvalue weighted by molar-refractivity contribution is 6.35. The molecule has 3 amide bonds. The number of nitrogens with one attached hydrogen (secondary N) is 1. The molecule has 0 bridgehead atoms. The first-order valence-corrected chi connectivity index (χ1v) is 6.01. The van der Waals surface area contributed by atoms with E-state index in [2.05, 4.69) is 5.32 Å². The largest absolute Gasteiger partial charge is 0.347 e. The zero-order chi connectivity index (χ0) is 13.3. The Balaban J connectivity index is 2.06. The predicted octanol–water partition coefficient (Wildman–Crippen LogP) is -2.28. The average molecular weight is 254 g/mol. The standard InChI is InChI=1S/C11H18N4O3/c1-13(2)9(16)7-14-6-8-5-12-3-4-15(8)11(18)10(14)17/h8,12H,3-7H2,1-2H3. The number of amides is 3. The third-order valence-corrected chi connectivity index (χ3v) is 3.34. The van der Waals surface area contributed by atoms with Crippen LogP contribution in [0, 0.1) is 0 Å². The van der Waals surface area contributed by atoms with Crippen molar-refractivity contribution in [3.05, 3.63) is 0 Å². The molecule has 2 aliphatic rings. The number of piperazine rings is 2. The molecule has 0 saturated carbocycles. The van der Waals surface area contributed by atoms with Crippen molar-refractivity contribution in [3.63, 3.8) is 0 Å². The van der Waals surface area contributed by atoms with Crippen LogP contribution >= 0.6 is 0 Å². The van der Waals surface area contributed by atoms with Gasteiger partial charge in [-0.1, -0.05) is 0 Å². The number of likely N-dealkylation sites (N-methyl/N-ethyl adjacent to an activating group) is 1. The van der Waals surface area contributed by atoms with Crippen LogP contribution in [-0.4, -0.2) is 85.3 Å². The maximum Gasteiger partial charge on any atom is 0.312 e. The van der Waals surface area contributed by atoms with Gasteiger partial charge in [0.2, 0.25) is 5.91 Å². The Labute approximate surface area is 106 Å². The zero-order valence-corrected chi connectivity index (χ0v) is 10.7. The summed E-state index contributed by atoms with van der Waals surface area (Å²) in [6.45, 7) is 2.35. The highest BCUT2D eigenvalue weighted by atomic mass is 16.2. The minimum absolute atomic E-state index is 0.0149. The van der Waals surface area contributed by atoms with E-state index >= 15 is 0 Å². The second-order valence-electron chi connectivity index (χ2n) is 4.83. The van der Waals surface area contributed by atoms with Gasteiger partial charge < -0.3 is 20.0 Å².